The van der Waals surface area contributed by atoms with Gasteiger partial charge in [-0.05, 0) is 38.5 Å². The van der Waals surface area contributed by atoms with Crippen LogP contribution in [0.25, 0.3) is 0 Å². The molecule has 1 aliphatic rings. The highest BCUT2D eigenvalue weighted by molar-refractivity contribution is 5.78. The van der Waals surface area contributed by atoms with E-state index in [1.807, 2.05) is 18.7 Å². The second-order valence-corrected chi connectivity index (χ2v) is 5.03. The number of hydrogen-bond acceptors (Lipinski definition) is 1. The predicted molar refractivity (Wildman–Crippen MR) is 59.3 cm³/mol. The van der Waals surface area contributed by atoms with Crippen molar-refractivity contribution in [1.29, 1.82) is 0 Å². The lowest BCUT2D eigenvalue weighted by molar-refractivity contribution is -0.129. The minimum absolute atomic E-state index is 0.240. The van der Waals surface area contributed by atoms with E-state index in [2.05, 4.69) is 6.92 Å². The maximum atomic E-state index is 12.1. The summed E-state index contributed by atoms with van der Waals surface area (Å²) in [6.07, 6.45) is 2.28. The standard InChI is InChI=1S/C12H22FNO/c1-9(2)14-8-11(7-12(14)15)6-10(3)4-5-13/h9-11H,4-8H2,1-3H3/t10?,11-/m0/s1. The number of likely N-dealkylation sites (tertiary alicyclic amines) is 1. The molecule has 1 amide bonds. The van der Waals surface area contributed by atoms with Crippen LogP contribution >= 0.6 is 0 Å². The molecule has 1 saturated heterocycles. The molecule has 0 saturated carbocycles. The van der Waals surface area contributed by atoms with Gasteiger partial charge in [0.25, 0.3) is 0 Å². The first-order valence-corrected chi connectivity index (χ1v) is 5.90. The average molecular weight is 215 g/mol. The van der Waals surface area contributed by atoms with Crippen LogP contribution in [0.2, 0.25) is 0 Å². The van der Waals surface area contributed by atoms with Gasteiger partial charge in [0.1, 0.15) is 0 Å². The molecular weight excluding hydrogens is 193 g/mol. The van der Waals surface area contributed by atoms with Crippen molar-refractivity contribution in [3.8, 4) is 0 Å². The van der Waals surface area contributed by atoms with Gasteiger partial charge in [-0.25, -0.2) is 0 Å². The van der Waals surface area contributed by atoms with Gasteiger partial charge < -0.3 is 4.90 Å². The Morgan fingerprint density at radius 3 is 2.60 bits per heavy atom. The van der Waals surface area contributed by atoms with Gasteiger partial charge in [-0.15, -0.1) is 0 Å². The SMILES string of the molecule is CC(CCF)C[C@H]1CC(=O)N(C(C)C)C1. The fraction of sp³-hybridized carbons (Fsp3) is 0.917. The van der Waals surface area contributed by atoms with E-state index in [1.54, 1.807) is 0 Å². The molecule has 0 N–H and O–H groups in total. The van der Waals surface area contributed by atoms with E-state index in [-0.39, 0.29) is 12.6 Å². The molecule has 88 valence electrons. The second-order valence-electron chi connectivity index (χ2n) is 5.03. The van der Waals surface area contributed by atoms with Crippen molar-refractivity contribution in [1.82, 2.24) is 4.90 Å². The van der Waals surface area contributed by atoms with Gasteiger partial charge in [-0.3, -0.25) is 9.18 Å². The number of carbonyl (C=O) groups excluding carboxylic acids is 1. The number of amides is 1. The van der Waals surface area contributed by atoms with E-state index in [9.17, 15) is 9.18 Å². The lowest BCUT2D eigenvalue weighted by Crippen LogP contribution is -2.32. The van der Waals surface area contributed by atoms with Crippen molar-refractivity contribution in [3.63, 3.8) is 0 Å². The maximum Gasteiger partial charge on any atom is 0.223 e. The quantitative estimate of drug-likeness (QED) is 0.690. The van der Waals surface area contributed by atoms with Crippen molar-refractivity contribution in [2.24, 2.45) is 11.8 Å². The van der Waals surface area contributed by atoms with Gasteiger partial charge in [0.15, 0.2) is 0 Å². The first-order valence-electron chi connectivity index (χ1n) is 5.90. The van der Waals surface area contributed by atoms with E-state index >= 15 is 0 Å². The third-order valence-electron chi connectivity index (χ3n) is 3.20. The van der Waals surface area contributed by atoms with Crippen molar-refractivity contribution in [3.05, 3.63) is 0 Å². The van der Waals surface area contributed by atoms with Gasteiger partial charge in [0.05, 0.1) is 6.67 Å². The summed E-state index contributed by atoms with van der Waals surface area (Å²) < 4.78 is 12.1. The summed E-state index contributed by atoms with van der Waals surface area (Å²) in [6, 6.07) is 0.305. The van der Waals surface area contributed by atoms with Crippen LogP contribution in [0.15, 0.2) is 0 Å². The molecule has 2 atom stereocenters. The normalized spacial score (nSPS) is 23.9. The lowest BCUT2D eigenvalue weighted by atomic mass is 9.93. The number of carbonyl (C=O) groups is 1. The summed E-state index contributed by atoms with van der Waals surface area (Å²) in [4.78, 5) is 13.6. The molecule has 1 unspecified atom stereocenters. The number of halogens is 1. The highest BCUT2D eigenvalue weighted by atomic mass is 19.1. The molecule has 0 bridgehead atoms. The van der Waals surface area contributed by atoms with Gasteiger partial charge in [-0.1, -0.05) is 6.92 Å². The third kappa shape index (κ3) is 3.47. The second kappa shape index (κ2) is 5.47. The number of hydrogen-bond donors (Lipinski definition) is 0. The largest absolute Gasteiger partial charge is 0.340 e. The summed E-state index contributed by atoms with van der Waals surface area (Å²) in [6.45, 7) is 6.79. The zero-order chi connectivity index (χ0) is 11.4. The maximum absolute atomic E-state index is 12.1. The summed E-state index contributed by atoms with van der Waals surface area (Å²) in [5.41, 5.74) is 0. The monoisotopic (exact) mass is 215 g/mol. The van der Waals surface area contributed by atoms with Crippen molar-refractivity contribution in [2.45, 2.75) is 46.1 Å². The molecule has 15 heavy (non-hydrogen) atoms. The van der Waals surface area contributed by atoms with E-state index in [4.69, 9.17) is 0 Å². The topological polar surface area (TPSA) is 20.3 Å². The van der Waals surface area contributed by atoms with Crippen LogP contribution in [0, 0.1) is 11.8 Å². The molecule has 1 rings (SSSR count). The molecule has 0 aromatic heterocycles. The number of alkyl halides is 1. The van der Waals surface area contributed by atoms with Gasteiger partial charge in [-0.2, -0.15) is 0 Å². The first-order chi connectivity index (χ1) is 7.04. The van der Waals surface area contributed by atoms with Crippen LogP contribution in [0.1, 0.15) is 40.0 Å². The lowest BCUT2D eigenvalue weighted by Gasteiger charge is -2.21. The molecular formula is C12H22FNO. The Morgan fingerprint density at radius 1 is 1.47 bits per heavy atom. The van der Waals surface area contributed by atoms with Crippen LogP contribution in [0.5, 0.6) is 0 Å². The molecule has 1 heterocycles. The average Bonchev–Trinajstić information content (AvgIpc) is 2.47. The summed E-state index contributed by atoms with van der Waals surface area (Å²) >= 11 is 0. The smallest absolute Gasteiger partial charge is 0.223 e. The van der Waals surface area contributed by atoms with Crippen molar-refractivity contribution >= 4 is 5.91 Å². The van der Waals surface area contributed by atoms with Crippen molar-refractivity contribution in [2.75, 3.05) is 13.2 Å². The van der Waals surface area contributed by atoms with E-state index < -0.39 is 0 Å². The fourth-order valence-electron chi connectivity index (χ4n) is 2.34. The molecule has 1 aliphatic heterocycles. The van der Waals surface area contributed by atoms with Gasteiger partial charge in [0.2, 0.25) is 5.91 Å². The fourth-order valence-corrected chi connectivity index (χ4v) is 2.34. The summed E-state index contributed by atoms with van der Waals surface area (Å²) in [7, 11) is 0. The van der Waals surface area contributed by atoms with Crippen LogP contribution < -0.4 is 0 Å². The van der Waals surface area contributed by atoms with Crippen LogP contribution in [0.4, 0.5) is 4.39 Å². The highest BCUT2D eigenvalue weighted by Crippen LogP contribution is 2.26. The third-order valence-corrected chi connectivity index (χ3v) is 3.20. The Morgan fingerprint density at radius 2 is 2.13 bits per heavy atom. The molecule has 0 aliphatic carbocycles. The summed E-state index contributed by atoms with van der Waals surface area (Å²) in [5.74, 6) is 1.11. The van der Waals surface area contributed by atoms with E-state index in [0.29, 0.717) is 30.7 Å². The minimum atomic E-state index is -0.240. The predicted octanol–water partition coefficient (Wildman–Crippen LogP) is 2.63. The Hall–Kier alpha value is -0.600. The Labute approximate surface area is 91.8 Å². The van der Waals surface area contributed by atoms with Crippen LogP contribution in [0.3, 0.4) is 0 Å². The van der Waals surface area contributed by atoms with Crippen molar-refractivity contribution < 1.29 is 9.18 Å². The minimum Gasteiger partial charge on any atom is -0.340 e. The molecule has 0 radical (unpaired) electrons. The van der Waals surface area contributed by atoms with Gasteiger partial charge in [0, 0.05) is 19.0 Å². The number of rotatable bonds is 5. The van der Waals surface area contributed by atoms with E-state index in [1.165, 1.54) is 0 Å². The molecule has 3 heteroatoms. The molecule has 0 spiro atoms. The Bertz CT molecular complexity index is 218. The van der Waals surface area contributed by atoms with E-state index in [0.717, 1.165) is 13.0 Å². The molecule has 0 aromatic carbocycles. The molecule has 1 fully saturated rings. The Kier molecular flexibility index (Phi) is 4.55. The molecule has 0 aromatic rings. The highest BCUT2D eigenvalue weighted by Gasteiger charge is 2.31. The van der Waals surface area contributed by atoms with Crippen LogP contribution in [-0.4, -0.2) is 30.1 Å². The first kappa shape index (κ1) is 12.5. The Balaban J connectivity index is 2.38. The zero-order valence-electron chi connectivity index (χ0n) is 10.0. The number of nitrogens with zero attached hydrogens (tertiary/aromatic N) is 1. The molecule has 2 nitrogen and oxygen atoms in total. The van der Waals surface area contributed by atoms with Gasteiger partial charge >= 0.3 is 0 Å². The van der Waals surface area contributed by atoms with Crippen LogP contribution in [-0.2, 0) is 4.79 Å². The zero-order valence-corrected chi connectivity index (χ0v) is 10.0. The summed E-state index contributed by atoms with van der Waals surface area (Å²) in [5, 5.41) is 0.